The van der Waals surface area contributed by atoms with Gasteiger partial charge in [-0.25, -0.2) is 0 Å². The first-order chi connectivity index (χ1) is 8.49. The third-order valence-corrected chi connectivity index (χ3v) is 2.78. The molecule has 0 aromatic heterocycles. The molecular weight excluding hydrogens is 304 g/mol. The number of nitro groups is 1. The van der Waals surface area contributed by atoms with Crippen molar-refractivity contribution in [1.82, 2.24) is 0 Å². The molecule has 0 atom stereocenters. The molecular formula is C11H9BrN2O4. The minimum Gasteiger partial charge on any atom is -0.466 e. The number of nitro benzene ring substituents is 1. The van der Waals surface area contributed by atoms with E-state index in [-0.39, 0.29) is 29.8 Å². The molecule has 94 valence electrons. The number of nitriles is 1. The van der Waals surface area contributed by atoms with Crippen LogP contribution in [-0.4, -0.2) is 17.5 Å². The number of halogens is 1. The predicted molar refractivity (Wildman–Crippen MR) is 65.8 cm³/mol. The molecule has 0 aliphatic rings. The highest BCUT2D eigenvalue weighted by molar-refractivity contribution is 9.10. The molecule has 0 aliphatic carbocycles. The number of hydrogen-bond donors (Lipinski definition) is 0. The summed E-state index contributed by atoms with van der Waals surface area (Å²) in [4.78, 5) is 21.6. The van der Waals surface area contributed by atoms with Crippen molar-refractivity contribution < 1.29 is 14.5 Å². The van der Waals surface area contributed by atoms with E-state index in [0.29, 0.717) is 4.47 Å². The molecule has 0 amide bonds. The Bertz CT molecular complexity index is 537. The van der Waals surface area contributed by atoms with E-state index in [1.165, 1.54) is 12.1 Å². The summed E-state index contributed by atoms with van der Waals surface area (Å²) in [5.41, 5.74) is 0.187. The fourth-order valence-electron chi connectivity index (χ4n) is 1.37. The number of nitrogens with zero attached hydrogens (tertiary/aromatic N) is 2. The smallest absolute Gasteiger partial charge is 0.310 e. The van der Waals surface area contributed by atoms with Gasteiger partial charge < -0.3 is 4.74 Å². The first-order valence-electron chi connectivity index (χ1n) is 5.02. The molecule has 0 N–H and O–H groups in total. The molecule has 18 heavy (non-hydrogen) atoms. The lowest BCUT2D eigenvalue weighted by Crippen LogP contribution is -2.09. The SMILES string of the molecule is CCOC(=O)Cc1cc(C#N)c(Br)cc1[N+](=O)[O-]. The van der Waals surface area contributed by atoms with E-state index in [1.54, 1.807) is 6.92 Å². The molecule has 1 aromatic carbocycles. The van der Waals surface area contributed by atoms with E-state index < -0.39 is 10.9 Å². The maximum atomic E-state index is 11.3. The van der Waals surface area contributed by atoms with Crippen LogP contribution in [0.5, 0.6) is 0 Å². The van der Waals surface area contributed by atoms with Crippen LogP contribution in [0.25, 0.3) is 0 Å². The molecule has 0 aliphatic heterocycles. The van der Waals surface area contributed by atoms with E-state index in [9.17, 15) is 14.9 Å². The molecule has 0 unspecified atom stereocenters. The summed E-state index contributed by atoms with van der Waals surface area (Å²) < 4.78 is 5.05. The second kappa shape index (κ2) is 6.12. The minimum absolute atomic E-state index is 0.165. The molecule has 6 nitrogen and oxygen atoms in total. The van der Waals surface area contributed by atoms with Gasteiger partial charge in [-0.1, -0.05) is 0 Å². The van der Waals surface area contributed by atoms with Crippen LogP contribution >= 0.6 is 15.9 Å². The van der Waals surface area contributed by atoms with E-state index in [4.69, 9.17) is 10.00 Å². The predicted octanol–water partition coefficient (Wildman–Crippen LogP) is 2.33. The van der Waals surface area contributed by atoms with Crippen LogP contribution in [0.1, 0.15) is 18.1 Å². The number of rotatable bonds is 4. The van der Waals surface area contributed by atoms with Crippen LogP contribution in [0.15, 0.2) is 16.6 Å². The molecule has 1 rings (SSSR count). The van der Waals surface area contributed by atoms with Gasteiger partial charge in [0, 0.05) is 16.1 Å². The highest BCUT2D eigenvalue weighted by atomic mass is 79.9. The Morgan fingerprint density at radius 3 is 2.78 bits per heavy atom. The number of ether oxygens (including phenoxy) is 1. The minimum atomic E-state index is -0.597. The summed E-state index contributed by atoms with van der Waals surface area (Å²) in [6, 6.07) is 4.42. The van der Waals surface area contributed by atoms with Crippen molar-refractivity contribution in [3.05, 3.63) is 37.8 Å². The summed E-state index contributed by atoms with van der Waals surface area (Å²) in [7, 11) is 0. The van der Waals surface area contributed by atoms with Gasteiger partial charge in [0.25, 0.3) is 5.69 Å². The highest BCUT2D eigenvalue weighted by Gasteiger charge is 2.20. The summed E-state index contributed by atoms with van der Waals surface area (Å²) in [5, 5.41) is 19.7. The Morgan fingerprint density at radius 1 is 1.61 bits per heavy atom. The van der Waals surface area contributed by atoms with Gasteiger partial charge in [0.1, 0.15) is 6.07 Å². The largest absolute Gasteiger partial charge is 0.466 e. The van der Waals surface area contributed by atoms with E-state index in [2.05, 4.69) is 15.9 Å². The lowest BCUT2D eigenvalue weighted by molar-refractivity contribution is -0.385. The number of carbonyl (C=O) groups is 1. The van der Waals surface area contributed by atoms with Gasteiger partial charge in [0.2, 0.25) is 0 Å². The molecule has 0 fully saturated rings. The van der Waals surface area contributed by atoms with Gasteiger partial charge >= 0.3 is 5.97 Å². The summed E-state index contributed by atoms with van der Waals surface area (Å²) >= 11 is 3.06. The molecule has 7 heteroatoms. The van der Waals surface area contributed by atoms with Crippen molar-refractivity contribution in [3.8, 4) is 6.07 Å². The fourth-order valence-corrected chi connectivity index (χ4v) is 1.79. The van der Waals surface area contributed by atoms with Crippen molar-refractivity contribution in [1.29, 1.82) is 5.26 Å². The molecule has 0 radical (unpaired) electrons. The average Bonchev–Trinajstić information content (AvgIpc) is 2.30. The standard InChI is InChI=1S/C11H9BrN2O4/c1-2-18-11(15)4-7-3-8(6-13)9(12)5-10(7)14(16)17/h3,5H,2,4H2,1H3. The van der Waals surface area contributed by atoms with Crippen LogP contribution in [-0.2, 0) is 16.0 Å². The lowest BCUT2D eigenvalue weighted by atomic mass is 10.1. The molecule has 0 saturated carbocycles. The number of hydrogen-bond acceptors (Lipinski definition) is 5. The Hall–Kier alpha value is -1.94. The Morgan fingerprint density at radius 2 is 2.28 bits per heavy atom. The van der Waals surface area contributed by atoms with E-state index in [1.807, 2.05) is 6.07 Å². The topological polar surface area (TPSA) is 93.2 Å². The van der Waals surface area contributed by atoms with Crippen molar-refractivity contribution >= 4 is 27.6 Å². The molecule has 0 heterocycles. The van der Waals surface area contributed by atoms with Crippen LogP contribution < -0.4 is 0 Å². The van der Waals surface area contributed by atoms with Crippen molar-refractivity contribution in [2.45, 2.75) is 13.3 Å². The second-order valence-electron chi connectivity index (χ2n) is 3.31. The van der Waals surface area contributed by atoms with Crippen LogP contribution in [0.3, 0.4) is 0 Å². The third kappa shape index (κ3) is 3.28. The van der Waals surface area contributed by atoms with Crippen LogP contribution in [0.4, 0.5) is 5.69 Å². The quantitative estimate of drug-likeness (QED) is 0.483. The van der Waals surface area contributed by atoms with Crippen LogP contribution in [0.2, 0.25) is 0 Å². The fraction of sp³-hybridized carbons (Fsp3) is 0.273. The average molecular weight is 313 g/mol. The molecule has 0 spiro atoms. The zero-order valence-electron chi connectivity index (χ0n) is 9.47. The Balaban J connectivity index is 3.19. The maximum absolute atomic E-state index is 11.3. The number of benzene rings is 1. The number of esters is 1. The van der Waals surface area contributed by atoms with Gasteiger partial charge in [-0.3, -0.25) is 14.9 Å². The zero-order chi connectivity index (χ0) is 13.7. The summed E-state index contributed by atoms with van der Waals surface area (Å²) in [5.74, 6) is -0.563. The van der Waals surface area contributed by atoms with E-state index in [0.717, 1.165) is 0 Å². The molecule has 0 bridgehead atoms. The highest BCUT2D eigenvalue weighted by Crippen LogP contribution is 2.27. The van der Waals surface area contributed by atoms with Crippen molar-refractivity contribution in [3.63, 3.8) is 0 Å². The van der Waals surface area contributed by atoms with Gasteiger partial charge in [0.15, 0.2) is 0 Å². The first kappa shape index (κ1) is 14.1. The zero-order valence-corrected chi connectivity index (χ0v) is 11.1. The Labute approximate surface area is 111 Å². The third-order valence-electron chi connectivity index (χ3n) is 2.13. The summed E-state index contributed by atoms with van der Waals surface area (Å²) in [6.45, 7) is 1.85. The number of carbonyl (C=O) groups excluding carboxylic acids is 1. The monoisotopic (exact) mass is 312 g/mol. The van der Waals surface area contributed by atoms with Crippen molar-refractivity contribution in [2.75, 3.05) is 6.61 Å². The summed E-state index contributed by atoms with van der Waals surface area (Å²) in [6.07, 6.45) is -0.230. The molecule has 1 aromatic rings. The van der Waals surface area contributed by atoms with E-state index >= 15 is 0 Å². The normalized spacial score (nSPS) is 9.61. The van der Waals surface area contributed by atoms with Gasteiger partial charge in [0.05, 0.1) is 23.5 Å². The van der Waals surface area contributed by atoms with Crippen molar-refractivity contribution in [2.24, 2.45) is 0 Å². The van der Waals surface area contributed by atoms with Gasteiger partial charge in [-0.2, -0.15) is 5.26 Å². The maximum Gasteiger partial charge on any atom is 0.310 e. The second-order valence-corrected chi connectivity index (χ2v) is 4.17. The van der Waals surface area contributed by atoms with Gasteiger partial charge in [-0.05, 0) is 28.9 Å². The molecule has 0 saturated heterocycles. The van der Waals surface area contributed by atoms with Crippen LogP contribution in [0, 0.1) is 21.4 Å². The van der Waals surface area contributed by atoms with Gasteiger partial charge in [-0.15, -0.1) is 0 Å². The first-order valence-corrected chi connectivity index (χ1v) is 5.81. The Kier molecular flexibility index (Phi) is 4.80. The lowest BCUT2D eigenvalue weighted by Gasteiger charge is -2.05.